The zero-order chi connectivity index (χ0) is 16.8. The molecule has 0 saturated heterocycles. The Hall–Kier alpha value is -1.88. The number of aryl methyl sites for hydroxylation is 1. The van der Waals surface area contributed by atoms with Crippen LogP contribution >= 0.6 is 0 Å². The summed E-state index contributed by atoms with van der Waals surface area (Å²) in [6, 6.07) is 5.99. The number of rotatable bonds is 7. The van der Waals surface area contributed by atoms with E-state index in [-0.39, 0.29) is 5.91 Å². The minimum absolute atomic E-state index is 0.131. The van der Waals surface area contributed by atoms with Crippen LogP contribution in [-0.2, 0) is 14.4 Å². The topological polar surface area (TPSA) is 51.1 Å². The maximum absolute atomic E-state index is 12.9. The zero-order valence-electron chi connectivity index (χ0n) is 14.5. The summed E-state index contributed by atoms with van der Waals surface area (Å²) in [6.07, 6.45) is 3.97. The minimum atomic E-state index is -0.481. The van der Waals surface area contributed by atoms with Crippen molar-refractivity contribution in [3.8, 4) is 0 Å². The van der Waals surface area contributed by atoms with Crippen LogP contribution in [0.2, 0.25) is 0 Å². The second-order valence-electron chi connectivity index (χ2n) is 5.80. The van der Waals surface area contributed by atoms with Gasteiger partial charge in [-0.05, 0) is 25.0 Å². The number of amides is 1. The first-order chi connectivity index (χ1) is 11.2. The molecule has 126 valence electrons. The number of carbonyl (C=O) groups excluding carboxylic acids is 1. The Balaban J connectivity index is 2.40. The third-order valence-corrected chi connectivity index (χ3v) is 4.23. The summed E-state index contributed by atoms with van der Waals surface area (Å²) in [5.74, 6) is -0.131. The molecule has 5 nitrogen and oxygen atoms in total. The van der Waals surface area contributed by atoms with E-state index in [0.29, 0.717) is 12.3 Å². The SMILES string of the molecule is CCCCCCN1C(=O)C(=NOC)C(OC)c2c(C)cccc21. The lowest BCUT2D eigenvalue weighted by Gasteiger charge is -2.35. The lowest BCUT2D eigenvalue weighted by Crippen LogP contribution is -2.45. The Morgan fingerprint density at radius 2 is 2.00 bits per heavy atom. The van der Waals surface area contributed by atoms with Crippen molar-refractivity contribution in [2.24, 2.45) is 5.16 Å². The molecule has 0 saturated carbocycles. The highest BCUT2D eigenvalue weighted by molar-refractivity contribution is 6.46. The predicted octanol–water partition coefficient (Wildman–Crippen LogP) is 3.61. The van der Waals surface area contributed by atoms with E-state index in [0.717, 1.165) is 29.7 Å². The fourth-order valence-electron chi connectivity index (χ4n) is 3.07. The maximum Gasteiger partial charge on any atom is 0.279 e. The van der Waals surface area contributed by atoms with Crippen molar-refractivity contribution < 1.29 is 14.4 Å². The van der Waals surface area contributed by atoms with Gasteiger partial charge in [-0.25, -0.2) is 0 Å². The van der Waals surface area contributed by atoms with Crippen LogP contribution < -0.4 is 4.90 Å². The number of ether oxygens (including phenoxy) is 1. The summed E-state index contributed by atoms with van der Waals surface area (Å²) in [5.41, 5.74) is 3.32. The molecule has 0 aliphatic carbocycles. The minimum Gasteiger partial charge on any atom is -0.399 e. The molecule has 0 fully saturated rings. The van der Waals surface area contributed by atoms with Crippen LogP contribution in [0.15, 0.2) is 23.4 Å². The number of anilines is 1. The number of methoxy groups -OCH3 is 1. The number of carbonyl (C=O) groups is 1. The van der Waals surface area contributed by atoms with Crippen molar-refractivity contribution in [2.75, 3.05) is 25.7 Å². The number of fused-ring (bicyclic) bond motifs is 1. The van der Waals surface area contributed by atoms with E-state index >= 15 is 0 Å². The van der Waals surface area contributed by atoms with Gasteiger partial charge in [0.25, 0.3) is 5.91 Å². The summed E-state index contributed by atoms with van der Waals surface area (Å²) in [5, 5.41) is 3.95. The quantitative estimate of drug-likeness (QED) is 0.570. The zero-order valence-corrected chi connectivity index (χ0v) is 14.5. The van der Waals surface area contributed by atoms with E-state index < -0.39 is 6.10 Å². The van der Waals surface area contributed by atoms with Gasteiger partial charge in [0.05, 0.1) is 5.69 Å². The first kappa shape index (κ1) is 17.5. The van der Waals surface area contributed by atoms with Crippen molar-refractivity contribution in [3.05, 3.63) is 29.3 Å². The molecule has 1 aliphatic heterocycles. The van der Waals surface area contributed by atoms with Crippen molar-refractivity contribution in [1.82, 2.24) is 0 Å². The molecule has 2 rings (SSSR count). The van der Waals surface area contributed by atoms with E-state index in [1.807, 2.05) is 30.0 Å². The fraction of sp³-hybridized carbons (Fsp3) is 0.556. The van der Waals surface area contributed by atoms with Crippen molar-refractivity contribution >= 4 is 17.3 Å². The largest absolute Gasteiger partial charge is 0.399 e. The molecule has 1 atom stereocenters. The Labute approximate surface area is 138 Å². The molecule has 0 aromatic heterocycles. The maximum atomic E-state index is 12.9. The van der Waals surface area contributed by atoms with Crippen molar-refractivity contribution in [3.63, 3.8) is 0 Å². The second-order valence-corrected chi connectivity index (χ2v) is 5.80. The summed E-state index contributed by atoms with van der Waals surface area (Å²) >= 11 is 0. The molecule has 1 aliphatic rings. The lowest BCUT2D eigenvalue weighted by atomic mass is 9.92. The highest BCUT2D eigenvalue weighted by atomic mass is 16.6. The first-order valence-electron chi connectivity index (χ1n) is 8.20. The van der Waals surface area contributed by atoms with Gasteiger partial charge in [0.1, 0.15) is 13.2 Å². The van der Waals surface area contributed by atoms with Gasteiger partial charge < -0.3 is 14.5 Å². The van der Waals surface area contributed by atoms with Crippen LogP contribution in [0.5, 0.6) is 0 Å². The van der Waals surface area contributed by atoms with E-state index in [1.54, 1.807) is 7.11 Å². The van der Waals surface area contributed by atoms with Gasteiger partial charge in [-0.2, -0.15) is 0 Å². The third-order valence-electron chi connectivity index (χ3n) is 4.23. The van der Waals surface area contributed by atoms with Gasteiger partial charge in [-0.15, -0.1) is 0 Å². The number of nitrogens with zero attached hydrogens (tertiary/aromatic N) is 2. The standard InChI is InChI=1S/C18H26N2O3/c1-5-6-7-8-12-20-14-11-9-10-13(2)15(14)17(22-3)16(18(20)21)19-23-4/h9-11,17H,5-8,12H2,1-4H3. The van der Waals surface area contributed by atoms with Crippen LogP contribution in [0.4, 0.5) is 5.69 Å². The van der Waals surface area contributed by atoms with Gasteiger partial charge in [0, 0.05) is 19.2 Å². The van der Waals surface area contributed by atoms with Gasteiger partial charge >= 0.3 is 0 Å². The van der Waals surface area contributed by atoms with E-state index in [9.17, 15) is 4.79 Å². The van der Waals surface area contributed by atoms with Crippen LogP contribution in [0, 0.1) is 6.92 Å². The Morgan fingerprint density at radius 3 is 2.65 bits per heavy atom. The van der Waals surface area contributed by atoms with Gasteiger partial charge in [0.2, 0.25) is 0 Å². The fourth-order valence-corrected chi connectivity index (χ4v) is 3.07. The summed E-state index contributed by atoms with van der Waals surface area (Å²) in [6.45, 7) is 4.89. The number of hydrogen-bond acceptors (Lipinski definition) is 4. The van der Waals surface area contributed by atoms with E-state index in [4.69, 9.17) is 9.57 Å². The third kappa shape index (κ3) is 3.55. The highest BCUT2D eigenvalue weighted by Gasteiger charge is 2.38. The first-order valence-corrected chi connectivity index (χ1v) is 8.20. The molecule has 1 unspecified atom stereocenters. The number of oxime groups is 1. The molecule has 1 aromatic carbocycles. The number of hydrogen-bond donors (Lipinski definition) is 0. The molecular formula is C18H26N2O3. The van der Waals surface area contributed by atoms with Crippen LogP contribution in [0.25, 0.3) is 0 Å². The van der Waals surface area contributed by atoms with Crippen LogP contribution in [0.3, 0.4) is 0 Å². The average molecular weight is 318 g/mol. The number of unbranched alkanes of at least 4 members (excludes halogenated alkanes) is 3. The molecule has 0 spiro atoms. The lowest BCUT2D eigenvalue weighted by molar-refractivity contribution is -0.113. The van der Waals surface area contributed by atoms with Crippen molar-refractivity contribution in [2.45, 2.75) is 45.6 Å². The molecule has 23 heavy (non-hydrogen) atoms. The number of benzene rings is 1. The van der Waals surface area contributed by atoms with E-state index in [1.165, 1.54) is 20.0 Å². The van der Waals surface area contributed by atoms with Crippen LogP contribution in [-0.4, -0.2) is 32.4 Å². The molecule has 0 N–H and O–H groups in total. The summed E-state index contributed by atoms with van der Waals surface area (Å²) in [7, 11) is 3.04. The smallest absolute Gasteiger partial charge is 0.279 e. The predicted molar refractivity (Wildman–Crippen MR) is 91.9 cm³/mol. The average Bonchev–Trinajstić information content (AvgIpc) is 2.55. The summed E-state index contributed by atoms with van der Waals surface area (Å²) < 4.78 is 5.57. The highest BCUT2D eigenvalue weighted by Crippen LogP contribution is 2.37. The van der Waals surface area contributed by atoms with E-state index in [2.05, 4.69) is 12.1 Å². The molecule has 1 aromatic rings. The van der Waals surface area contributed by atoms with Crippen molar-refractivity contribution in [1.29, 1.82) is 0 Å². The molecule has 1 amide bonds. The molecule has 0 bridgehead atoms. The molecule has 0 radical (unpaired) electrons. The molecular weight excluding hydrogens is 292 g/mol. The van der Waals surface area contributed by atoms with Gasteiger partial charge in [0.15, 0.2) is 5.71 Å². The Bertz CT molecular complexity index is 584. The van der Waals surface area contributed by atoms with Crippen LogP contribution in [0.1, 0.15) is 49.8 Å². The molecule has 5 heteroatoms. The molecule has 1 heterocycles. The Kier molecular flexibility index (Phi) is 6.16. The summed E-state index contributed by atoms with van der Waals surface area (Å²) in [4.78, 5) is 19.6. The van der Waals surface area contributed by atoms with Gasteiger partial charge in [-0.1, -0.05) is 43.5 Å². The normalized spacial score (nSPS) is 19.1. The second kappa shape index (κ2) is 8.11. The van der Waals surface area contributed by atoms with Gasteiger partial charge in [-0.3, -0.25) is 4.79 Å². The Morgan fingerprint density at radius 1 is 1.22 bits per heavy atom. The monoisotopic (exact) mass is 318 g/mol.